The molecule has 122 valence electrons. The van der Waals surface area contributed by atoms with Crippen LogP contribution in [0.5, 0.6) is 5.75 Å². The van der Waals surface area contributed by atoms with Gasteiger partial charge in [0.2, 0.25) is 0 Å². The van der Waals surface area contributed by atoms with Crippen molar-refractivity contribution in [1.82, 2.24) is 5.32 Å². The van der Waals surface area contributed by atoms with Gasteiger partial charge in [-0.3, -0.25) is 4.79 Å². The number of nitrogens with one attached hydrogen (secondary N) is 1. The molecule has 2 aromatic carbocycles. The first-order chi connectivity index (χ1) is 11.5. The van der Waals surface area contributed by atoms with Gasteiger partial charge >= 0.3 is 0 Å². The van der Waals surface area contributed by atoms with Crippen LogP contribution in [0, 0.1) is 0 Å². The van der Waals surface area contributed by atoms with Crippen molar-refractivity contribution in [2.24, 2.45) is 0 Å². The summed E-state index contributed by atoms with van der Waals surface area (Å²) in [5.74, 6) is 0.562. The first-order valence-corrected chi connectivity index (χ1v) is 8.91. The molecule has 0 atom stereocenters. The van der Waals surface area contributed by atoms with E-state index in [0.29, 0.717) is 25.9 Å². The molecule has 1 amide bonds. The zero-order valence-electron chi connectivity index (χ0n) is 12.2. The minimum atomic E-state index is -0.162. The fourth-order valence-electron chi connectivity index (χ4n) is 2.03. The van der Waals surface area contributed by atoms with Crippen molar-refractivity contribution in [3.05, 3.63) is 68.5 Å². The summed E-state index contributed by atoms with van der Waals surface area (Å²) in [5.41, 5.74) is 1.84. The number of amides is 1. The standard InChI is InChI=1S/C17H11Cl2NO2S2/c18-13-6-3-11(7-14(13)19)9-22-12-4-1-10(2-5-12)8-15-16(21)20-17(23)24-15/h1-8H,9H2,(H,20,21,23). The molecule has 3 rings (SSSR count). The van der Waals surface area contributed by atoms with E-state index in [-0.39, 0.29) is 5.91 Å². The summed E-state index contributed by atoms with van der Waals surface area (Å²) in [6, 6.07) is 12.8. The zero-order valence-corrected chi connectivity index (χ0v) is 15.4. The number of rotatable bonds is 4. The fraction of sp³-hybridized carbons (Fsp3) is 0.0588. The highest BCUT2D eigenvalue weighted by Gasteiger charge is 2.21. The molecule has 0 aromatic heterocycles. The fourth-order valence-corrected chi connectivity index (χ4v) is 3.39. The monoisotopic (exact) mass is 395 g/mol. The average Bonchev–Trinajstić information content (AvgIpc) is 2.87. The summed E-state index contributed by atoms with van der Waals surface area (Å²) in [5, 5.41) is 3.61. The Kier molecular flexibility index (Phi) is 5.46. The van der Waals surface area contributed by atoms with Crippen LogP contribution in [0.25, 0.3) is 6.08 Å². The van der Waals surface area contributed by atoms with E-state index in [0.717, 1.165) is 16.9 Å². The average molecular weight is 396 g/mol. The Morgan fingerprint density at radius 3 is 2.50 bits per heavy atom. The van der Waals surface area contributed by atoms with Crippen molar-refractivity contribution >= 4 is 63.5 Å². The molecule has 1 heterocycles. The molecule has 1 N–H and O–H groups in total. The van der Waals surface area contributed by atoms with Crippen LogP contribution in [0.3, 0.4) is 0 Å². The third-order valence-electron chi connectivity index (χ3n) is 3.21. The molecule has 2 aromatic rings. The van der Waals surface area contributed by atoms with Crippen molar-refractivity contribution in [1.29, 1.82) is 0 Å². The number of ether oxygens (including phenoxy) is 1. The number of thioether (sulfide) groups is 1. The first-order valence-electron chi connectivity index (χ1n) is 6.93. The Labute approximate surface area is 159 Å². The maximum atomic E-state index is 11.6. The molecule has 1 saturated heterocycles. The molecular formula is C17H11Cl2NO2S2. The molecule has 1 aliphatic heterocycles. The van der Waals surface area contributed by atoms with Crippen LogP contribution < -0.4 is 10.1 Å². The predicted octanol–water partition coefficient (Wildman–Crippen LogP) is 5.06. The number of hydrogen-bond acceptors (Lipinski definition) is 4. The maximum Gasteiger partial charge on any atom is 0.263 e. The van der Waals surface area contributed by atoms with E-state index in [2.05, 4.69) is 5.32 Å². The lowest BCUT2D eigenvalue weighted by molar-refractivity contribution is -0.115. The Hall–Kier alpha value is -1.53. The smallest absolute Gasteiger partial charge is 0.263 e. The van der Waals surface area contributed by atoms with Crippen molar-refractivity contribution in [2.75, 3.05) is 0 Å². The van der Waals surface area contributed by atoms with E-state index in [1.54, 1.807) is 18.2 Å². The third kappa shape index (κ3) is 4.30. The van der Waals surface area contributed by atoms with Gasteiger partial charge in [-0.15, -0.1) is 0 Å². The second-order valence-corrected chi connectivity index (χ2v) is 7.49. The van der Waals surface area contributed by atoms with Gasteiger partial charge in [0.15, 0.2) is 0 Å². The van der Waals surface area contributed by atoms with Gasteiger partial charge in [-0.25, -0.2) is 0 Å². The molecule has 0 aliphatic carbocycles. The normalized spacial score (nSPS) is 15.7. The molecule has 3 nitrogen and oxygen atoms in total. The number of thiocarbonyl (C=S) groups is 1. The molecule has 0 bridgehead atoms. The van der Waals surface area contributed by atoms with Gasteiger partial charge in [-0.05, 0) is 41.5 Å². The van der Waals surface area contributed by atoms with Crippen LogP contribution in [0.1, 0.15) is 11.1 Å². The summed E-state index contributed by atoms with van der Waals surface area (Å²) in [7, 11) is 0. The summed E-state index contributed by atoms with van der Waals surface area (Å²) >= 11 is 18.1. The highest BCUT2D eigenvalue weighted by atomic mass is 35.5. The Balaban J connectivity index is 1.64. The molecule has 1 fully saturated rings. The van der Waals surface area contributed by atoms with Gasteiger partial charge in [0.05, 0.1) is 15.0 Å². The van der Waals surface area contributed by atoms with Crippen LogP contribution in [-0.4, -0.2) is 10.2 Å². The summed E-state index contributed by atoms with van der Waals surface area (Å²) < 4.78 is 6.20. The molecule has 7 heteroatoms. The van der Waals surface area contributed by atoms with Gasteiger partial charge in [-0.1, -0.05) is 65.4 Å². The summed E-state index contributed by atoms with van der Waals surface area (Å²) in [4.78, 5) is 12.2. The van der Waals surface area contributed by atoms with Crippen molar-refractivity contribution in [2.45, 2.75) is 6.61 Å². The van der Waals surface area contributed by atoms with E-state index in [4.69, 9.17) is 40.2 Å². The maximum absolute atomic E-state index is 11.6. The Morgan fingerprint density at radius 2 is 1.88 bits per heavy atom. The van der Waals surface area contributed by atoms with Crippen LogP contribution in [-0.2, 0) is 11.4 Å². The van der Waals surface area contributed by atoms with Gasteiger partial charge in [0, 0.05) is 0 Å². The van der Waals surface area contributed by atoms with E-state index in [1.807, 2.05) is 30.3 Å². The van der Waals surface area contributed by atoms with Crippen LogP contribution in [0.15, 0.2) is 47.4 Å². The van der Waals surface area contributed by atoms with Crippen molar-refractivity contribution in [3.63, 3.8) is 0 Å². The molecule has 0 radical (unpaired) electrons. The number of carbonyl (C=O) groups is 1. The van der Waals surface area contributed by atoms with Gasteiger partial charge in [0.25, 0.3) is 5.91 Å². The van der Waals surface area contributed by atoms with Crippen LogP contribution in [0.2, 0.25) is 10.0 Å². The second-order valence-electron chi connectivity index (χ2n) is 4.96. The van der Waals surface area contributed by atoms with Crippen molar-refractivity contribution < 1.29 is 9.53 Å². The first kappa shape index (κ1) is 17.3. The lowest BCUT2D eigenvalue weighted by Gasteiger charge is -2.07. The molecule has 1 aliphatic rings. The van der Waals surface area contributed by atoms with Crippen LogP contribution in [0.4, 0.5) is 0 Å². The number of benzene rings is 2. The van der Waals surface area contributed by atoms with E-state index in [9.17, 15) is 4.79 Å². The minimum Gasteiger partial charge on any atom is -0.489 e. The van der Waals surface area contributed by atoms with Gasteiger partial charge < -0.3 is 10.1 Å². The summed E-state index contributed by atoms with van der Waals surface area (Å²) in [6.45, 7) is 0.393. The topological polar surface area (TPSA) is 38.3 Å². The number of halogens is 2. The lowest BCUT2D eigenvalue weighted by atomic mass is 10.2. The SMILES string of the molecule is O=C1NC(=S)SC1=Cc1ccc(OCc2ccc(Cl)c(Cl)c2)cc1. The Morgan fingerprint density at radius 1 is 1.12 bits per heavy atom. The van der Waals surface area contributed by atoms with Gasteiger partial charge in [0.1, 0.15) is 16.7 Å². The van der Waals surface area contributed by atoms with E-state index >= 15 is 0 Å². The highest BCUT2D eigenvalue weighted by Crippen LogP contribution is 2.27. The van der Waals surface area contributed by atoms with E-state index in [1.165, 1.54) is 11.8 Å². The highest BCUT2D eigenvalue weighted by molar-refractivity contribution is 8.26. The number of carbonyl (C=O) groups excluding carboxylic acids is 1. The quantitative estimate of drug-likeness (QED) is 0.579. The van der Waals surface area contributed by atoms with E-state index < -0.39 is 0 Å². The zero-order chi connectivity index (χ0) is 17.1. The predicted molar refractivity (Wildman–Crippen MR) is 104 cm³/mol. The minimum absolute atomic E-state index is 0.162. The molecule has 24 heavy (non-hydrogen) atoms. The molecule has 0 spiro atoms. The largest absolute Gasteiger partial charge is 0.489 e. The number of hydrogen-bond donors (Lipinski definition) is 1. The Bertz CT molecular complexity index is 835. The molecular weight excluding hydrogens is 385 g/mol. The van der Waals surface area contributed by atoms with Crippen molar-refractivity contribution in [3.8, 4) is 5.75 Å². The third-order valence-corrected chi connectivity index (χ3v) is 5.11. The summed E-state index contributed by atoms with van der Waals surface area (Å²) in [6.07, 6.45) is 1.79. The lowest BCUT2D eigenvalue weighted by Crippen LogP contribution is -2.17. The second kappa shape index (κ2) is 7.57. The van der Waals surface area contributed by atoms with Gasteiger partial charge in [-0.2, -0.15) is 0 Å². The molecule has 0 saturated carbocycles. The molecule has 0 unspecified atom stereocenters. The van der Waals surface area contributed by atoms with Crippen LogP contribution >= 0.6 is 47.2 Å².